The average molecular weight is 684 g/mol. The van der Waals surface area contributed by atoms with Crippen molar-refractivity contribution >= 4 is 29.8 Å². The van der Waals surface area contributed by atoms with Gasteiger partial charge in [-0.2, -0.15) is 0 Å². The summed E-state index contributed by atoms with van der Waals surface area (Å²) in [5.41, 5.74) is 9.49. The second-order valence-corrected chi connectivity index (χ2v) is 13.4. The standard InChI is InChI=1S/C46H30BN3O3/c47-46(51)38-17-9-14-33(41(38)36-13-5-7-19-40(36)53-46)30-22-26-32(27-23-30)44-48-43(31-24-20-29(21-25-31)28-10-2-1-3-11-28)49-45(50-44)37-16-8-15-35-34-12-4-6-18-39(34)52-42(35)37/h1-27,51H,47H2. The van der Waals surface area contributed by atoms with Crippen molar-refractivity contribution in [3.8, 4) is 73.3 Å². The third-order valence-electron chi connectivity index (χ3n) is 10.0. The molecule has 0 saturated carbocycles. The molecule has 0 bridgehead atoms. The Morgan fingerprint density at radius 2 is 1.00 bits per heavy atom. The number of hydrogen-bond acceptors (Lipinski definition) is 6. The monoisotopic (exact) mass is 683 g/mol. The lowest BCUT2D eigenvalue weighted by atomic mass is 9.77. The number of nitrogens with zero attached hydrogens (tertiary/aromatic N) is 3. The number of rotatable bonds is 5. The van der Waals surface area contributed by atoms with Crippen LogP contribution in [0, 0.1) is 0 Å². The van der Waals surface area contributed by atoms with Crippen molar-refractivity contribution in [3.05, 3.63) is 169 Å². The molecule has 0 amide bonds. The fourth-order valence-corrected chi connectivity index (χ4v) is 7.42. The van der Waals surface area contributed by atoms with E-state index < -0.39 is 5.69 Å². The van der Waals surface area contributed by atoms with E-state index in [0.29, 0.717) is 23.2 Å². The van der Waals surface area contributed by atoms with Crippen molar-refractivity contribution in [1.82, 2.24) is 15.0 Å². The number of aromatic nitrogens is 3. The van der Waals surface area contributed by atoms with Crippen LogP contribution in [-0.4, -0.2) is 27.9 Å². The first-order valence-electron chi connectivity index (χ1n) is 17.6. The van der Waals surface area contributed by atoms with Crippen LogP contribution in [0.15, 0.2) is 168 Å². The summed E-state index contributed by atoms with van der Waals surface area (Å²) in [5.74, 6) is 2.30. The second-order valence-electron chi connectivity index (χ2n) is 13.4. The van der Waals surface area contributed by atoms with Crippen LogP contribution in [0.2, 0.25) is 0 Å². The van der Waals surface area contributed by atoms with E-state index in [0.717, 1.165) is 77.6 Å². The summed E-state index contributed by atoms with van der Waals surface area (Å²) in [6.07, 6.45) is 0. The van der Waals surface area contributed by atoms with Gasteiger partial charge in [0.05, 0.1) is 5.56 Å². The fourth-order valence-electron chi connectivity index (χ4n) is 7.42. The van der Waals surface area contributed by atoms with Gasteiger partial charge < -0.3 is 14.3 Å². The van der Waals surface area contributed by atoms with Crippen LogP contribution in [-0.2, 0) is 5.69 Å². The molecule has 1 unspecified atom stereocenters. The van der Waals surface area contributed by atoms with Gasteiger partial charge >= 0.3 is 0 Å². The van der Waals surface area contributed by atoms with Gasteiger partial charge in [-0.25, -0.2) is 15.0 Å². The first kappa shape index (κ1) is 31.0. The van der Waals surface area contributed by atoms with Crippen molar-refractivity contribution < 1.29 is 14.3 Å². The second kappa shape index (κ2) is 12.2. The molecule has 0 spiro atoms. The number of para-hydroxylation sites is 3. The lowest BCUT2D eigenvalue weighted by Crippen LogP contribution is -2.36. The lowest BCUT2D eigenvalue weighted by molar-refractivity contribution is -0.0691. The lowest BCUT2D eigenvalue weighted by Gasteiger charge is -2.35. The SMILES string of the molecule is BC1(O)Oc2ccccc2-c2c(-c3ccc(-c4nc(-c5ccc(-c6ccccc6)cc5)nc(-c5cccc6c5oc5ccccc56)n4)cc3)cccc21. The summed E-state index contributed by atoms with van der Waals surface area (Å²) >= 11 is 0. The van der Waals surface area contributed by atoms with Gasteiger partial charge in [-0.3, -0.25) is 0 Å². The largest absolute Gasteiger partial charge is 0.467 e. The Hall–Kier alpha value is -6.83. The van der Waals surface area contributed by atoms with E-state index in [4.69, 9.17) is 24.1 Å². The zero-order valence-electron chi connectivity index (χ0n) is 28.7. The Morgan fingerprint density at radius 3 is 1.77 bits per heavy atom. The quantitative estimate of drug-likeness (QED) is 0.182. The van der Waals surface area contributed by atoms with Crippen molar-refractivity contribution in [2.75, 3.05) is 0 Å². The molecule has 0 fully saturated rings. The number of aliphatic hydroxyl groups is 1. The number of furan rings is 1. The third kappa shape index (κ3) is 5.29. The van der Waals surface area contributed by atoms with Crippen molar-refractivity contribution in [1.29, 1.82) is 0 Å². The highest BCUT2D eigenvalue weighted by molar-refractivity contribution is 6.15. The molecule has 53 heavy (non-hydrogen) atoms. The van der Waals surface area contributed by atoms with E-state index in [-0.39, 0.29) is 0 Å². The van der Waals surface area contributed by atoms with Crippen molar-refractivity contribution in [3.63, 3.8) is 0 Å². The molecule has 10 rings (SSSR count). The predicted molar refractivity (Wildman–Crippen MR) is 213 cm³/mol. The van der Waals surface area contributed by atoms with Gasteiger partial charge in [-0.15, -0.1) is 0 Å². The summed E-state index contributed by atoms with van der Waals surface area (Å²) in [6.45, 7) is 0. The number of ether oxygens (including phenoxy) is 1. The van der Waals surface area contributed by atoms with E-state index in [9.17, 15) is 5.11 Å². The highest BCUT2D eigenvalue weighted by Crippen LogP contribution is 2.47. The highest BCUT2D eigenvalue weighted by Gasteiger charge is 2.35. The van der Waals surface area contributed by atoms with Crippen LogP contribution in [0.4, 0.5) is 0 Å². The van der Waals surface area contributed by atoms with E-state index in [2.05, 4.69) is 66.7 Å². The summed E-state index contributed by atoms with van der Waals surface area (Å²) < 4.78 is 12.4. The van der Waals surface area contributed by atoms with Gasteiger partial charge in [0.2, 0.25) is 7.85 Å². The minimum atomic E-state index is -1.46. The zero-order chi connectivity index (χ0) is 35.5. The molecule has 7 aromatic carbocycles. The van der Waals surface area contributed by atoms with Gasteiger partial charge in [0.15, 0.2) is 23.2 Å². The summed E-state index contributed by atoms with van der Waals surface area (Å²) in [7, 11) is 1.69. The maximum Gasteiger partial charge on any atom is 0.201 e. The van der Waals surface area contributed by atoms with Gasteiger partial charge in [0, 0.05) is 38.6 Å². The normalized spacial score (nSPS) is 14.8. The summed E-state index contributed by atoms with van der Waals surface area (Å²) in [6, 6.07) is 54.8. The molecule has 1 aliphatic rings. The Balaban J connectivity index is 1.11. The summed E-state index contributed by atoms with van der Waals surface area (Å²) in [4.78, 5) is 15.2. The molecule has 1 atom stereocenters. The van der Waals surface area contributed by atoms with Gasteiger partial charge in [0.1, 0.15) is 16.9 Å². The molecule has 9 aromatic rings. The van der Waals surface area contributed by atoms with Crippen LogP contribution in [0.5, 0.6) is 5.75 Å². The molecule has 0 radical (unpaired) electrons. The Kier molecular flexibility index (Phi) is 7.10. The molecule has 7 heteroatoms. The third-order valence-corrected chi connectivity index (χ3v) is 10.0. The Morgan fingerprint density at radius 1 is 0.453 bits per heavy atom. The van der Waals surface area contributed by atoms with Crippen LogP contribution in [0.3, 0.4) is 0 Å². The minimum absolute atomic E-state index is 0.529. The number of benzene rings is 7. The van der Waals surface area contributed by atoms with E-state index in [1.54, 1.807) is 7.85 Å². The Labute approximate surface area is 306 Å². The first-order chi connectivity index (χ1) is 26.0. The van der Waals surface area contributed by atoms with E-state index in [1.165, 1.54) is 0 Å². The maximum absolute atomic E-state index is 11.3. The molecule has 2 aromatic heterocycles. The van der Waals surface area contributed by atoms with Crippen molar-refractivity contribution in [2.45, 2.75) is 5.69 Å². The maximum atomic E-state index is 11.3. The van der Waals surface area contributed by atoms with Crippen LogP contribution < -0.4 is 4.74 Å². The van der Waals surface area contributed by atoms with Crippen LogP contribution >= 0.6 is 0 Å². The number of fused-ring (bicyclic) bond motifs is 6. The van der Waals surface area contributed by atoms with Gasteiger partial charge in [-0.1, -0.05) is 146 Å². The van der Waals surface area contributed by atoms with Gasteiger partial charge in [-0.05, 0) is 40.5 Å². The predicted octanol–water partition coefficient (Wildman–Crippen LogP) is 9.90. The molecular weight excluding hydrogens is 653 g/mol. The Bertz CT molecular complexity index is 2830. The van der Waals surface area contributed by atoms with E-state index >= 15 is 0 Å². The first-order valence-corrected chi connectivity index (χ1v) is 17.6. The molecule has 1 N–H and O–H groups in total. The zero-order valence-corrected chi connectivity index (χ0v) is 28.7. The average Bonchev–Trinajstić information content (AvgIpc) is 3.60. The van der Waals surface area contributed by atoms with Crippen LogP contribution in [0.25, 0.3) is 89.5 Å². The fraction of sp³-hybridized carbons (Fsp3) is 0.0217. The molecule has 3 heterocycles. The molecule has 6 nitrogen and oxygen atoms in total. The minimum Gasteiger partial charge on any atom is -0.467 e. The molecule has 0 aliphatic carbocycles. The van der Waals surface area contributed by atoms with Gasteiger partial charge in [0.25, 0.3) is 0 Å². The molecular formula is C46H30BN3O3. The molecule has 1 aliphatic heterocycles. The number of hydrogen-bond donors (Lipinski definition) is 1. The topological polar surface area (TPSA) is 81.3 Å². The smallest absolute Gasteiger partial charge is 0.201 e. The van der Waals surface area contributed by atoms with E-state index in [1.807, 2.05) is 97.1 Å². The molecule has 0 saturated heterocycles. The van der Waals surface area contributed by atoms with Crippen LogP contribution in [0.1, 0.15) is 5.56 Å². The summed E-state index contributed by atoms with van der Waals surface area (Å²) in [5, 5.41) is 13.4. The molecule has 250 valence electrons. The van der Waals surface area contributed by atoms with Crippen molar-refractivity contribution in [2.24, 2.45) is 0 Å². The highest BCUT2D eigenvalue weighted by atomic mass is 16.6.